The van der Waals surface area contributed by atoms with Gasteiger partial charge >= 0.3 is 0 Å². The molecule has 0 radical (unpaired) electrons. The largest absolute Gasteiger partial charge is 0.294 e. The summed E-state index contributed by atoms with van der Waals surface area (Å²) in [5.41, 5.74) is 9.66. The van der Waals surface area contributed by atoms with Crippen molar-refractivity contribution in [1.29, 1.82) is 0 Å². The molecule has 0 atom stereocenters. The van der Waals surface area contributed by atoms with Crippen LogP contribution in [0.3, 0.4) is 0 Å². The molecule has 6 aromatic carbocycles. The van der Waals surface area contributed by atoms with E-state index in [4.69, 9.17) is 4.11 Å². The van der Waals surface area contributed by atoms with Crippen molar-refractivity contribution in [3.05, 3.63) is 132 Å². The van der Waals surface area contributed by atoms with Crippen molar-refractivity contribution in [3.8, 4) is 28.2 Å². The van der Waals surface area contributed by atoms with Gasteiger partial charge in [-0.3, -0.25) is 0 Å². The molecule has 2 heterocycles. The molecule has 220 valence electrons. The molecule has 0 bridgehead atoms. The quantitative estimate of drug-likeness (QED) is 0.189. The SMILES string of the molecule is [2H]C([2H])([2H])c1ccc(-c2[nH]c3ccccc3[n+]2-c2c(C(C)C)cc(-c3ccccc3)cc2C(C)C)c2sc3cc4ccccc4cc3c12. The summed E-state index contributed by atoms with van der Waals surface area (Å²) in [4.78, 5) is 3.81. The monoisotopic (exact) mass is 604 g/mol. The number of hydrogen-bond acceptors (Lipinski definition) is 1. The Kier molecular flexibility index (Phi) is 5.85. The maximum Gasteiger partial charge on any atom is 0.294 e. The molecule has 0 aliphatic rings. The summed E-state index contributed by atoms with van der Waals surface area (Å²) in [5, 5.41) is 4.06. The van der Waals surface area contributed by atoms with Crippen LogP contribution < -0.4 is 4.57 Å². The molecule has 0 aliphatic carbocycles. The molecule has 2 nitrogen and oxygen atoms in total. The van der Waals surface area contributed by atoms with Crippen LogP contribution in [0.5, 0.6) is 0 Å². The fraction of sp³-hybridized carbons (Fsp3) is 0.167. The van der Waals surface area contributed by atoms with E-state index in [0.717, 1.165) is 53.4 Å². The number of rotatable bonds is 5. The third-order valence-corrected chi connectivity index (χ3v) is 10.3. The lowest BCUT2D eigenvalue weighted by Gasteiger charge is -2.20. The first-order valence-electron chi connectivity index (χ1n) is 17.3. The second-order valence-electron chi connectivity index (χ2n) is 12.7. The Balaban J connectivity index is 1.50. The van der Waals surface area contributed by atoms with E-state index >= 15 is 0 Å². The van der Waals surface area contributed by atoms with E-state index in [2.05, 4.69) is 134 Å². The predicted octanol–water partition coefficient (Wildman–Crippen LogP) is 11.9. The van der Waals surface area contributed by atoms with Gasteiger partial charge in [-0.2, -0.15) is 4.57 Å². The summed E-state index contributed by atoms with van der Waals surface area (Å²) < 4.78 is 30.1. The molecule has 0 saturated heterocycles. The van der Waals surface area contributed by atoms with Crippen LogP contribution >= 0.6 is 11.3 Å². The van der Waals surface area contributed by atoms with Gasteiger partial charge in [0.05, 0.1) is 10.3 Å². The van der Waals surface area contributed by atoms with Gasteiger partial charge in [0.25, 0.3) is 5.82 Å². The van der Waals surface area contributed by atoms with Gasteiger partial charge < -0.3 is 0 Å². The Labute approximate surface area is 272 Å². The van der Waals surface area contributed by atoms with Crippen molar-refractivity contribution < 1.29 is 8.68 Å². The van der Waals surface area contributed by atoms with Crippen LogP contribution in [0.15, 0.2) is 115 Å². The normalized spacial score (nSPS) is 13.3. The predicted molar refractivity (Wildman–Crippen MR) is 194 cm³/mol. The molecule has 0 aliphatic heterocycles. The zero-order chi connectivity index (χ0) is 33.3. The molecule has 2 aromatic heterocycles. The van der Waals surface area contributed by atoms with Crippen molar-refractivity contribution in [3.63, 3.8) is 0 Å². The van der Waals surface area contributed by atoms with E-state index in [0.29, 0.717) is 5.56 Å². The fourth-order valence-corrected chi connectivity index (χ4v) is 8.14. The number of nitrogens with zero attached hydrogens (tertiary/aromatic N) is 1. The average Bonchev–Trinajstić information content (AvgIpc) is 3.64. The summed E-state index contributed by atoms with van der Waals surface area (Å²) in [6.45, 7) is 6.83. The molecule has 0 unspecified atom stereocenters. The van der Waals surface area contributed by atoms with Crippen LogP contribution in [0.2, 0.25) is 0 Å². The first-order chi connectivity index (χ1) is 23.1. The van der Waals surface area contributed by atoms with Crippen LogP contribution in [-0.4, -0.2) is 4.98 Å². The summed E-state index contributed by atoms with van der Waals surface area (Å²) in [6, 6.07) is 40.3. The highest BCUT2D eigenvalue weighted by atomic mass is 32.1. The summed E-state index contributed by atoms with van der Waals surface area (Å²) >= 11 is 1.68. The molecule has 45 heavy (non-hydrogen) atoms. The minimum absolute atomic E-state index is 0.255. The van der Waals surface area contributed by atoms with Gasteiger partial charge in [0, 0.05) is 30.7 Å². The fourth-order valence-electron chi connectivity index (χ4n) is 6.87. The zero-order valence-electron chi connectivity index (χ0n) is 29.0. The van der Waals surface area contributed by atoms with E-state index < -0.39 is 6.85 Å². The molecule has 8 rings (SSSR count). The van der Waals surface area contributed by atoms with Gasteiger partial charge in [-0.25, -0.2) is 4.98 Å². The maximum atomic E-state index is 8.54. The molecule has 8 aromatic rings. The molecule has 1 N–H and O–H groups in total. The summed E-state index contributed by atoms with van der Waals surface area (Å²) in [7, 11) is 0. The number of aromatic amines is 1. The van der Waals surface area contributed by atoms with Gasteiger partial charge in [-0.1, -0.05) is 100 Å². The number of H-pyrrole nitrogens is 1. The van der Waals surface area contributed by atoms with Crippen molar-refractivity contribution in [2.24, 2.45) is 0 Å². The Morgan fingerprint density at radius 2 is 1.36 bits per heavy atom. The lowest BCUT2D eigenvalue weighted by atomic mass is 9.88. The third-order valence-electron chi connectivity index (χ3n) is 9.11. The van der Waals surface area contributed by atoms with Gasteiger partial charge in [0.15, 0.2) is 11.0 Å². The van der Waals surface area contributed by atoms with Gasteiger partial charge in [0.2, 0.25) is 0 Å². The molecular formula is C42H37N2S+. The van der Waals surface area contributed by atoms with E-state index in [1.807, 2.05) is 18.2 Å². The Morgan fingerprint density at radius 1 is 0.689 bits per heavy atom. The van der Waals surface area contributed by atoms with Crippen LogP contribution in [0, 0.1) is 6.85 Å². The van der Waals surface area contributed by atoms with Crippen LogP contribution in [0.4, 0.5) is 0 Å². The molecule has 0 saturated carbocycles. The summed E-state index contributed by atoms with van der Waals surface area (Å²) in [6.07, 6.45) is 0. The smallest absolute Gasteiger partial charge is 0.236 e. The van der Waals surface area contributed by atoms with E-state index in [1.54, 1.807) is 11.3 Å². The zero-order valence-corrected chi connectivity index (χ0v) is 26.8. The minimum atomic E-state index is -2.25. The van der Waals surface area contributed by atoms with Crippen LogP contribution in [0.25, 0.3) is 70.2 Å². The van der Waals surface area contributed by atoms with Gasteiger partial charge in [-0.05, 0) is 88.6 Å². The Morgan fingerprint density at radius 3 is 2.07 bits per heavy atom. The second kappa shape index (κ2) is 10.7. The number of hydrogen-bond donors (Lipinski definition) is 1. The lowest BCUT2D eigenvalue weighted by molar-refractivity contribution is -0.556. The first-order valence-corrected chi connectivity index (χ1v) is 16.6. The Bertz CT molecular complexity index is 2470. The van der Waals surface area contributed by atoms with Crippen molar-refractivity contribution in [2.45, 2.75) is 46.4 Å². The number of nitrogens with one attached hydrogen (secondary N) is 1. The molecule has 0 fully saturated rings. The third kappa shape index (κ3) is 4.49. The highest BCUT2D eigenvalue weighted by Gasteiger charge is 2.30. The summed E-state index contributed by atoms with van der Waals surface area (Å²) in [5.74, 6) is 1.46. The number of para-hydroxylation sites is 2. The van der Waals surface area contributed by atoms with E-state index in [9.17, 15) is 0 Å². The minimum Gasteiger partial charge on any atom is -0.236 e. The van der Waals surface area contributed by atoms with Crippen molar-refractivity contribution in [1.82, 2.24) is 4.98 Å². The van der Waals surface area contributed by atoms with Gasteiger partial charge in [-0.15, -0.1) is 11.3 Å². The second-order valence-corrected chi connectivity index (χ2v) is 13.7. The number of aromatic nitrogens is 2. The molecular weight excluding hydrogens is 565 g/mol. The number of imidazole rings is 1. The number of benzene rings is 6. The van der Waals surface area contributed by atoms with Crippen molar-refractivity contribution in [2.75, 3.05) is 0 Å². The number of fused-ring (bicyclic) bond motifs is 5. The number of thiophene rings is 1. The van der Waals surface area contributed by atoms with Crippen LogP contribution in [-0.2, 0) is 0 Å². The van der Waals surface area contributed by atoms with Crippen LogP contribution in [0.1, 0.15) is 60.3 Å². The topological polar surface area (TPSA) is 19.7 Å². The van der Waals surface area contributed by atoms with Crippen molar-refractivity contribution >= 4 is 53.3 Å². The Hall–Kier alpha value is -4.73. The van der Waals surface area contributed by atoms with E-state index in [-0.39, 0.29) is 11.8 Å². The maximum absolute atomic E-state index is 8.54. The van der Waals surface area contributed by atoms with E-state index in [1.165, 1.54) is 27.9 Å². The highest BCUT2D eigenvalue weighted by molar-refractivity contribution is 7.26. The first kappa shape index (κ1) is 24.6. The average molecular weight is 605 g/mol. The molecule has 0 spiro atoms. The lowest BCUT2D eigenvalue weighted by Crippen LogP contribution is -2.35. The standard InChI is InChI=1S/C42H36N2S/c1-25(2)33-22-31(28-13-7-6-8-14-28)23-34(26(3)4)40(33)44-37-18-12-11-17-36(37)43-42(44)32-20-19-27(5)39-35-21-29-15-9-10-16-30(29)24-38(35)45-41(32)39/h6-26H,1-5H3/p+1/i5D3. The highest BCUT2D eigenvalue weighted by Crippen LogP contribution is 2.43. The van der Waals surface area contributed by atoms with Gasteiger partial charge in [0.1, 0.15) is 5.69 Å². The molecule has 0 amide bonds. The number of aryl methyl sites for hydroxylation is 1. The molecule has 3 heteroatoms.